The lowest BCUT2D eigenvalue weighted by atomic mass is 10.2. The van der Waals surface area contributed by atoms with Gasteiger partial charge in [-0.2, -0.15) is 0 Å². The molecular formula is C17H24N4. The Hall–Kier alpha value is -1.94. The third-order valence-electron chi connectivity index (χ3n) is 3.38. The van der Waals surface area contributed by atoms with Gasteiger partial charge in [-0.05, 0) is 42.8 Å². The van der Waals surface area contributed by atoms with Crippen LogP contribution in [0, 0.1) is 0 Å². The van der Waals surface area contributed by atoms with E-state index in [0.717, 1.165) is 44.0 Å². The van der Waals surface area contributed by atoms with Gasteiger partial charge in [0.25, 0.3) is 0 Å². The van der Waals surface area contributed by atoms with Crippen LogP contribution in [0.4, 0.5) is 5.69 Å². The van der Waals surface area contributed by atoms with Crippen LogP contribution in [0.1, 0.15) is 31.5 Å². The van der Waals surface area contributed by atoms with E-state index in [0.29, 0.717) is 0 Å². The molecule has 0 bridgehead atoms. The van der Waals surface area contributed by atoms with E-state index >= 15 is 0 Å². The van der Waals surface area contributed by atoms with Crippen molar-refractivity contribution in [3.63, 3.8) is 0 Å². The molecule has 2 aromatic heterocycles. The van der Waals surface area contributed by atoms with Gasteiger partial charge < -0.3 is 5.32 Å². The Bertz CT molecular complexity index is 527. The summed E-state index contributed by atoms with van der Waals surface area (Å²) in [5.74, 6) is 0. The summed E-state index contributed by atoms with van der Waals surface area (Å²) in [4.78, 5) is 10.9. The largest absolute Gasteiger partial charge is 0.385 e. The average molecular weight is 284 g/mol. The zero-order valence-electron chi connectivity index (χ0n) is 12.9. The quantitative estimate of drug-likeness (QED) is 0.807. The van der Waals surface area contributed by atoms with E-state index < -0.39 is 0 Å². The minimum atomic E-state index is 0.862. The molecule has 0 amide bonds. The molecule has 0 aliphatic heterocycles. The maximum atomic E-state index is 4.48. The standard InChI is InChI=1S/C17H24N4/c1-3-8-19-16-7-11-20-17(12-16)14-21(4-2)13-15-5-9-18-10-6-15/h5-7,9-12H,3-4,8,13-14H2,1-2H3,(H,19,20). The summed E-state index contributed by atoms with van der Waals surface area (Å²) < 4.78 is 0. The van der Waals surface area contributed by atoms with Crippen molar-refractivity contribution in [2.45, 2.75) is 33.4 Å². The first-order valence-corrected chi connectivity index (χ1v) is 7.62. The molecule has 4 nitrogen and oxygen atoms in total. The number of hydrogen-bond acceptors (Lipinski definition) is 4. The monoisotopic (exact) mass is 284 g/mol. The van der Waals surface area contributed by atoms with Crippen molar-refractivity contribution in [1.82, 2.24) is 14.9 Å². The molecule has 0 radical (unpaired) electrons. The van der Waals surface area contributed by atoms with E-state index in [1.165, 1.54) is 5.56 Å². The fraction of sp³-hybridized carbons (Fsp3) is 0.412. The first kappa shape index (κ1) is 15.4. The average Bonchev–Trinajstić information content (AvgIpc) is 2.53. The van der Waals surface area contributed by atoms with Crippen molar-refractivity contribution in [3.05, 3.63) is 54.1 Å². The van der Waals surface area contributed by atoms with Crippen LogP contribution in [-0.4, -0.2) is 28.0 Å². The van der Waals surface area contributed by atoms with E-state index in [-0.39, 0.29) is 0 Å². The number of nitrogens with zero attached hydrogens (tertiary/aromatic N) is 3. The highest BCUT2D eigenvalue weighted by Crippen LogP contribution is 2.12. The summed E-state index contributed by atoms with van der Waals surface area (Å²) in [5, 5.41) is 3.41. The van der Waals surface area contributed by atoms with Crippen molar-refractivity contribution < 1.29 is 0 Å². The van der Waals surface area contributed by atoms with Crippen LogP contribution >= 0.6 is 0 Å². The molecule has 0 unspecified atom stereocenters. The zero-order chi connectivity index (χ0) is 14.9. The topological polar surface area (TPSA) is 41.1 Å². The van der Waals surface area contributed by atoms with Gasteiger partial charge in [0.1, 0.15) is 0 Å². The molecule has 21 heavy (non-hydrogen) atoms. The SMILES string of the molecule is CCCNc1ccnc(CN(CC)Cc2ccncc2)c1. The van der Waals surface area contributed by atoms with E-state index in [2.05, 4.69) is 52.2 Å². The number of nitrogens with one attached hydrogen (secondary N) is 1. The minimum Gasteiger partial charge on any atom is -0.385 e. The van der Waals surface area contributed by atoms with Crippen LogP contribution in [0.15, 0.2) is 42.9 Å². The summed E-state index contributed by atoms with van der Waals surface area (Å²) in [7, 11) is 0. The number of hydrogen-bond donors (Lipinski definition) is 1. The first-order valence-electron chi connectivity index (χ1n) is 7.62. The third kappa shape index (κ3) is 5.16. The summed E-state index contributed by atoms with van der Waals surface area (Å²) in [6.07, 6.45) is 6.70. The normalized spacial score (nSPS) is 10.8. The maximum absolute atomic E-state index is 4.48. The van der Waals surface area contributed by atoms with E-state index in [4.69, 9.17) is 0 Å². The van der Waals surface area contributed by atoms with Crippen molar-refractivity contribution in [3.8, 4) is 0 Å². The van der Waals surface area contributed by atoms with Crippen LogP contribution in [0.3, 0.4) is 0 Å². The molecule has 0 saturated carbocycles. The molecular weight excluding hydrogens is 260 g/mol. The molecule has 0 atom stereocenters. The maximum Gasteiger partial charge on any atom is 0.0564 e. The Balaban J connectivity index is 1.98. The molecule has 2 heterocycles. The lowest BCUT2D eigenvalue weighted by Gasteiger charge is -2.20. The summed E-state index contributed by atoms with van der Waals surface area (Å²) in [6, 6.07) is 8.30. The lowest BCUT2D eigenvalue weighted by molar-refractivity contribution is 0.268. The third-order valence-corrected chi connectivity index (χ3v) is 3.38. The van der Waals surface area contributed by atoms with Gasteiger partial charge in [-0.15, -0.1) is 0 Å². The molecule has 0 spiro atoms. The van der Waals surface area contributed by atoms with Gasteiger partial charge in [0, 0.05) is 43.9 Å². The summed E-state index contributed by atoms with van der Waals surface area (Å²) in [6.45, 7) is 8.13. The minimum absolute atomic E-state index is 0.862. The van der Waals surface area contributed by atoms with Gasteiger partial charge in [0.15, 0.2) is 0 Å². The van der Waals surface area contributed by atoms with Crippen LogP contribution in [0.25, 0.3) is 0 Å². The number of aromatic nitrogens is 2. The Morgan fingerprint density at radius 2 is 1.86 bits per heavy atom. The van der Waals surface area contributed by atoms with E-state index in [1.807, 2.05) is 24.7 Å². The van der Waals surface area contributed by atoms with Gasteiger partial charge in [0.2, 0.25) is 0 Å². The highest BCUT2D eigenvalue weighted by Gasteiger charge is 2.06. The van der Waals surface area contributed by atoms with Gasteiger partial charge in [0.05, 0.1) is 5.69 Å². The second-order valence-electron chi connectivity index (χ2n) is 5.12. The van der Waals surface area contributed by atoms with Gasteiger partial charge in [-0.1, -0.05) is 13.8 Å². The lowest BCUT2D eigenvalue weighted by Crippen LogP contribution is -2.23. The Labute approximate surface area is 127 Å². The highest BCUT2D eigenvalue weighted by atomic mass is 15.1. The molecule has 0 aliphatic carbocycles. The number of rotatable bonds is 8. The zero-order valence-corrected chi connectivity index (χ0v) is 12.9. The predicted octanol–water partition coefficient (Wildman–Crippen LogP) is 3.32. The van der Waals surface area contributed by atoms with Gasteiger partial charge in [-0.25, -0.2) is 0 Å². The molecule has 0 fully saturated rings. The Morgan fingerprint density at radius 1 is 1.05 bits per heavy atom. The van der Waals surface area contributed by atoms with E-state index in [1.54, 1.807) is 0 Å². The number of anilines is 1. The van der Waals surface area contributed by atoms with Gasteiger partial charge >= 0.3 is 0 Å². The Morgan fingerprint density at radius 3 is 2.57 bits per heavy atom. The molecule has 0 saturated heterocycles. The van der Waals surface area contributed by atoms with Crippen molar-refractivity contribution in [2.24, 2.45) is 0 Å². The van der Waals surface area contributed by atoms with Crippen molar-refractivity contribution in [1.29, 1.82) is 0 Å². The first-order chi connectivity index (χ1) is 10.3. The molecule has 0 aliphatic rings. The fourth-order valence-corrected chi connectivity index (χ4v) is 2.20. The van der Waals surface area contributed by atoms with Crippen molar-refractivity contribution in [2.75, 3.05) is 18.4 Å². The summed E-state index contributed by atoms with van der Waals surface area (Å²) in [5.41, 5.74) is 3.54. The van der Waals surface area contributed by atoms with Crippen LogP contribution < -0.4 is 5.32 Å². The fourth-order valence-electron chi connectivity index (χ4n) is 2.20. The second-order valence-corrected chi connectivity index (χ2v) is 5.12. The Kier molecular flexibility index (Phi) is 6.16. The predicted molar refractivity (Wildman–Crippen MR) is 87.0 cm³/mol. The van der Waals surface area contributed by atoms with Gasteiger partial charge in [-0.3, -0.25) is 14.9 Å². The van der Waals surface area contributed by atoms with Crippen LogP contribution in [0.2, 0.25) is 0 Å². The molecule has 112 valence electrons. The summed E-state index contributed by atoms with van der Waals surface area (Å²) >= 11 is 0. The number of pyridine rings is 2. The molecule has 2 rings (SSSR count). The molecule has 1 N–H and O–H groups in total. The highest BCUT2D eigenvalue weighted by molar-refractivity contribution is 5.43. The molecule has 0 aromatic carbocycles. The molecule has 2 aromatic rings. The van der Waals surface area contributed by atoms with E-state index in [9.17, 15) is 0 Å². The second kappa shape index (κ2) is 8.37. The van der Waals surface area contributed by atoms with Crippen LogP contribution in [-0.2, 0) is 13.1 Å². The smallest absolute Gasteiger partial charge is 0.0564 e. The molecule has 4 heteroatoms. The van der Waals surface area contributed by atoms with Crippen molar-refractivity contribution >= 4 is 5.69 Å². The van der Waals surface area contributed by atoms with Crippen LogP contribution in [0.5, 0.6) is 0 Å².